The molecule has 0 aromatic heterocycles. The van der Waals surface area contributed by atoms with Crippen LogP contribution < -0.4 is 9.47 Å². The smallest absolute Gasteiger partial charge is 0.343 e. The van der Waals surface area contributed by atoms with E-state index in [1.165, 1.54) is 64.2 Å². The summed E-state index contributed by atoms with van der Waals surface area (Å²) in [6.45, 7) is 4.46. The Morgan fingerprint density at radius 3 is 1.14 bits per heavy atom. The quantitative estimate of drug-likeness (QED) is 0.0487. The third-order valence-electron chi connectivity index (χ3n) is 8.48. The van der Waals surface area contributed by atoms with Crippen molar-refractivity contribution < 1.29 is 19.1 Å². The van der Waals surface area contributed by atoms with Gasteiger partial charge in [-0.25, -0.2) is 9.59 Å². The van der Waals surface area contributed by atoms with Crippen LogP contribution in [0.3, 0.4) is 0 Å². The number of carbonyl (C=O) groups is 2. The zero-order valence-electron chi connectivity index (χ0n) is 29.8. The van der Waals surface area contributed by atoms with E-state index in [9.17, 15) is 9.59 Å². The molecular formula is C46H50O4. The highest BCUT2D eigenvalue weighted by Crippen LogP contribution is 2.25. The van der Waals surface area contributed by atoms with Gasteiger partial charge in [-0.05, 0) is 96.8 Å². The van der Waals surface area contributed by atoms with Gasteiger partial charge in [0.05, 0.1) is 11.1 Å². The third-order valence-corrected chi connectivity index (χ3v) is 8.48. The summed E-state index contributed by atoms with van der Waals surface area (Å²) in [5, 5.41) is 0. The Morgan fingerprint density at radius 2 is 0.780 bits per heavy atom. The van der Waals surface area contributed by atoms with Crippen molar-refractivity contribution in [1.29, 1.82) is 0 Å². The molecule has 0 atom stereocenters. The van der Waals surface area contributed by atoms with Gasteiger partial charge in [0.1, 0.15) is 11.5 Å². The number of ether oxygens (including phenoxy) is 2. The van der Waals surface area contributed by atoms with E-state index in [1.807, 2.05) is 48.5 Å². The van der Waals surface area contributed by atoms with Crippen molar-refractivity contribution >= 4 is 11.9 Å². The molecular weight excluding hydrogens is 617 g/mol. The molecule has 50 heavy (non-hydrogen) atoms. The van der Waals surface area contributed by atoms with Crippen molar-refractivity contribution in [1.82, 2.24) is 0 Å². The lowest BCUT2D eigenvalue weighted by molar-refractivity contribution is 0.0725. The number of carbonyl (C=O) groups excluding carboxylic acids is 2. The van der Waals surface area contributed by atoms with Crippen LogP contribution in [0.4, 0.5) is 0 Å². The van der Waals surface area contributed by atoms with Gasteiger partial charge in [0.15, 0.2) is 0 Å². The van der Waals surface area contributed by atoms with Crippen LogP contribution in [0.2, 0.25) is 0 Å². The molecule has 4 nitrogen and oxygen atoms in total. The lowest BCUT2D eigenvalue weighted by Crippen LogP contribution is -2.08. The van der Waals surface area contributed by atoms with E-state index in [4.69, 9.17) is 9.47 Å². The topological polar surface area (TPSA) is 52.6 Å². The van der Waals surface area contributed by atoms with E-state index in [1.54, 1.807) is 48.5 Å². The number of rotatable bonds is 17. The molecule has 0 heterocycles. The van der Waals surface area contributed by atoms with Gasteiger partial charge in [-0.15, -0.1) is 0 Å². The molecule has 0 radical (unpaired) electrons. The van der Waals surface area contributed by atoms with Gasteiger partial charge in [-0.2, -0.15) is 0 Å². The van der Waals surface area contributed by atoms with Gasteiger partial charge < -0.3 is 9.47 Å². The maximum absolute atomic E-state index is 12.7. The first-order chi connectivity index (χ1) is 24.6. The molecule has 0 amide bonds. The molecule has 4 heteroatoms. The molecule has 0 saturated heterocycles. The molecule has 0 aliphatic carbocycles. The summed E-state index contributed by atoms with van der Waals surface area (Å²) in [4.78, 5) is 25.4. The van der Waals surface area contributed by atoms with Crippen molar-refractivity contribution in [2.24, 2.45) is 0 Å². The van der Waals surface area contributed by atoms with Gasteiger partial charge >= 0.3 is 11.9 Å². The summed E-state index contributed by atoms with van der Waals surface area (Å²) < 4.78 is 11.2. The minimum atomic E-state index is -0.415. The summed E-state index contributed by atoms with van der Waals surface area (Å²) in [6.07, 6.45) is 16.9. The van der Waals surface area contributed by atoms with Crippen molar-refractivity contribution in [2.75, 3.05) is 0 Å². The lowest BCUT2D eigenvalue weighted by atomic mass is 10.1. The summed E-state index contributed by atoms with van der Waals surface area (Å²) >= 11 is 0. The fourth-order valence-electron chi connectivity index (χ4n) is 5.46. The predicted octanol–water partition coefficient (Wildman–Crippen LogP) is 12.0. The molecule has 0 bridgehead atoms. The van der Waals surface area contributed by atoms with Crippen LogP contribution in [-0.2, 0) is 0 Å². The van der Waals surface area contributed by atoms with E-state index < -0.39 is 11.9 Å². The highest BCUT2D eigenvalue weighted by atomic mass is 16.5. The number of benzene rings is 4. The van der Waals surface area contributed by atoms with Crippen LogP contribution in [0.15, 0.2) is 97.1 Å². The van der Waals surface area contributed by atoms with Gasteiger partial charge in [0.25, 0.3) is 0 Å². The van der Waals surface area contributed by atoms with Crippen molar-refractivity contribution in [3.63, 3.8) is 0 Å². The molecule has 0 aliphatic rings. The molecule has 0 saturated carbocycles. The van der Waals surface area contributed by atoms with Crippen molar-refractivity contribution in [3.8, 4) is 46.3 Å². The van der Waals surface area contributed by atoms with Crippen LogP contribution in [0, 0.1) is 23.7 Å². The van der Waals surface area contributed by atoms with Crippen LogP contribution in [-0.4, -0.2) is 11.9 Å². The zero-order valence-corrected chi connectivity index (χ0v) is 29.8. The number of esters is 2. The minimum absolute atomic E-state index is 0.415. The summed E-state index contributed by atoms with van der Waals surface area (Å²) in [5.74, 6) is 12.9. The summed E-state index contributed by atoms with van der Waals surface area (Å²) in [6, 6.07) is 29.1. The van der Waals surface area contributed by atoms with E-state index in [0.717, 1.165) is 47.9 Å². The van der Waals surface area contributed by atoms with Crippen LogP contribution in [0.1, 0.15) is 136 Å². The van der Waals surface area contributed by atoms with Crippen LogP contribution in [0.25, 0.3) is 11.1 Å². The van der Waals surface area contributed by atoms with E-state index in [0.29, 0.717) is 22.6 Å². The number of unbranched alkanes of at least 4 members (excludes halogenated alkanes) is 12. The second kappa shape index (κ2) is 21.8. The maximum atomic E-state index is 12.7. The minimum Gasteiger partial charge on any atom is -0.423 e. The SMILES string of the molecule is CCCCCCCCC#Cc1ccc(C(=O)Oc2ccc(-c3ccc(OC(=O)c4ccc(C#CCCCCCCCC)cc4)cc3)cc2)cc1. The first-order valence-electron chi connectivity index (χ1n) is 18.4. The molecule has 258 valence electrons. The molecule has 0 N–H and O–H groups in total. The average Bonchev–Trinajstić information content (AvgIpc) is 3.15. The molecule has 0 spiro atoms. The van der Waals surface area contributed by atoms with E-state index in [2.05, 4.69) is 37.5 Å². The van der Waals surface area contributed by atoms with Gasteiger partial charge in [-0.1, -0.05) is 126 Å². The van der Waals surface area contributed by atoms with E-state index in [-0.39, 0.29) is 0 Å². The molecule has 4 aromatic carbocycles. The van der Waals surface area contributed by atoms with Crippen molar-refractivity contribution in [3.05, 3.63) is 119 Å². The number of hydrogen-bond acceptors (Lipinski definition) is 4. The fourth-order valence-corrected chi connectivity index (χ4v) is 5.46. The molecule has 4 rings (SSSR count). The summed E-state index contributed by atoms with van der Waals surface area (Å²) in [5.41, 5.74) is 4.63. The molecule has 4 aromatic rings. The second-order valence-electron chi connectivity index (χ2n) is 12.6. The predicted molar refractivity (Wildman–Crippen MR) is 204 cm³/mol. The normalized spacial score (nSPS) is 10.4. The Bertz CT molecular complexity index is 1590. The highest BCUT2D eigenvalue weighted by molar-refractivity contribution is 5.92. The van der Waals surface area contributed by atoms with Gasteiger partial charge in [-0.3, -0.25) is 0 Å². The maximum Gasteiger partial charge on any atom is 0.343 e. The summed E-state index contributed by atoms with van der Waals surface area (Å²) in [7, 11) is 0. The average molecular weight is 667 g/mol. The largest absolute Gasteiger partial charge is 0.423 e. The molecule has 0 aliphatic heterocycles. The van der Waals surface area contributed by atoms with Gasteiger partial charge in [0, 0.05) is 24.0 Å². The van der Waals surface area contributed by atoms with Crippen molar-refractivity contribution in [2.45, 2.75) is 104 Å². The van der Waals surface area contributed by atoms with E-state index >= 15 is 0 Å². The molecule has 0 fully saturated rings. The van der Waals surface area contributed by atoms with Gasteiger partial charge in [0.2, 0.25) is 0 Å². The first kappa shape index (κ1) is 37.8. The monoisotopic (exact) mass is 666 g/mol. The Balaban J connectivity index is 1.20. The fraction of sp³-hybridized carbons (Fsp3) is 0.348. The Hall–Kier alpha value is -5.06. The first-order valence-corrected chi connectivity index (χ1v) is 18.4. The second-order valence-corrected chi connectivity index (χ2v) is 12.6. The van der Waals surface area contributed by atoms with Crippen LogP contribution in [0.5, 0.6) is 11.5 Å². The van der Waals surface area contributed by atoms with Crippen LogP contribution >= 0.6 is 0 Å². The Labute approximate surface area is 299 Å². The Kier molecular flexibility index (Phi) is 16.5. The third kappa shape index (κ3) is 13.4. The number of hydrogen-bond donors (Lipinski definition) is 0. The highest BCUT2D eigenvalue weighted by Gasteiger charge is 2.11. The standard InChI is InChI=1S/C46H50O4/c1-3-5-7-9-11-13-15-17-19-37-21-25-41(26-22-37)45(47)49-43-33-29-39(30-34-43)40-31-35-44(36-32-40)50-46(48)42-27-23-38(24-28-42)20-18-16-14-12-10-8-6-4-2/h21-36H,3-16H2,1-2H3. The zero-order chi connectivity index (χ0) is 35.2. The lowest BCUT2D eigenvalue weighted by Gasteiger charge is -2.08. The Morgan fingerprint density at radius 1 is 0.440 bits per heavy atom. The molecule has 0 unspecified atom stereocenters.